The van der Waals surface area contributed by atoms with Crippen LogP contribution in [0.2, 0.25) is 0 Å². The Morgan fingerprint density at radius 1 is 1.11 bits per heavy atom. The van der Waals surface area contributed by atoms with Crippen molar-refractivity contribution in [1.82, 2.24) is 9.80 Å². The number of hydrogen-bond acceptors (Lipinski definition) is 6. The number of ketones is 1. The third-order valence-electron chi connectivity index (χ3n) is 6.28. The predicted molar refractivity (Wildman–Crippen MR) is 130 cm³/mol. The maximum atomic E-state index is 13.5. The first-order valence-electron chi connectivity index (χ1n) is 12.1. The molecule has 2 aliphatic rings. The van der Waals surface area contributed by atoms with E-state index < -0.39 is 23.5 Å². The number of morpholine rings is 1. The normalized spacial score (nSPS) is 20.4. The molecule has 0 aliphatic carbocycles. The van der Waals surface area contributed by atoms with E-state index in [0.29, 0.717) is 44.1 Å². The Bertz CT molecular complexity index is 1080. The average Bonchev–Trinajstić information content (AvgIpc) is 3.13. The van der Waals surface area contributed by atoms with E-state index in [1.807, 2.05) is 25.1 Å². The first kappa shape index (κ1) is 24.9. The summed E-state index contributed by atoms with van der Waals surface area (Å²) in [5.74, 6) is -1.54. The summed E-state index contributed by atoms with van der Waals surface area (Å²) in [6.45, 7) is 6.73. The fourth-order valence-corrected chi connectivity index (χ4v) is 4.50. The number of aliphatic hydroxyl groups is 1. The molecule has 0 radical (unpaired) electrons. The van der Waals surface area contributed by atoms with Crippen LogP contribution in [0.3, 0.4) is 0 Å². The lowest BCUT2D eigenvalue weighted by Crippen LogP contribution is -2.38. The van der Waals surface area contributed by atoms with E-state index in [2.05, 4.69) is 4.90 Å². The van der Waals surface area contributed by atoms with E-state index in [1.54, 1.807) is 6.07 Å². The zero-order valence-corrected chi connectivity index (χ0v) is 19.9. The monoisotopic (exact) mass is 482 g/mol. The van der Waals surface area contributed by atoms with Crippen LogP contribution < -0.4 is 4.74 Å². The van der Waals surface area contributed by atoms with Crippen molar-refractivity contribution in [1.29, 1.82) is 0 Å². The molecule has 0 bridgehead atoms. The number of likely N-dealkylation sites (tertiary alicyclic amines) is 1. The Balaban J connectivity index is 1.67. The van der Waals surface area contributed by atoms with Gasteiger partial charge in [-0.1, -0.05) is 19.1 Å². The zero-order valence-electron chi connectivity index (χ0n) is 19.9. The lowest BCUT2D eigenvalue weighted by atomic mass is 9.95. The fourth-order valence-electron chi connectivity index (χ4n) is 4.50. The summed E-state index contributed by atoms with van der Waals surface area (Å²) in [4.78, 5) is 30.1. The molecule has 1 unspecified atom stereocenters. The van der Waals surface area contributed by atoms with Gasteiger partial charge in [0.25, 0.3) is 11.7 Å². The highest BCUT2D eigenvalue weighted by molar-refractivity contribution is 6.46. The molecule has 186 valence electrons. The Kier molecular flexibility index (Phi) is 8.15. The molecule has 1 amide bonds. The van der Waals surface area contributed by atoms with E-state index in [9.17, 15) is 19.1 Å². The summed E-state index contributed by atoms with van der Waals surface area (Å²) in [5.41, 5.74) is 0.953. The van der Waals surface area contributed by atoms with Crippen molar-refractivity contribution < 1.29 is 28.6 Å². The molecule has 1 N–H and O–H groups in total. The molecule has 0 spiro atoms. The molecule has 1 atom stereocenters. The first-order chi connectivity index (χ1) is 17.0. The van der Waals surface area contributed by atoms with E-state index in [1.165, 1.54) is 29.2 Å². The number of halogens is 1. The summed E-state index contributed by atoms with van der Waals surface area (Å²) in [6.07, 6.45) is 1.51. The third kappa shape index (κ3) is 5.71. The molecule has 2 saturated heterocycles. The van der Waals surface area contributed by atoms with Gasteiger partial charge in [0.2, 0.25) is 0 Å². The molecule has 2 fully saturated rings. The van der Waals surface area contributed by atoms with Crippen molar-refractivity contribution in [2.45, 2.75) is 25.8 Å². The van der Waals surface area contributed by atoms with Gasteiger partial charge >= 0.3 is 0 Å². The van der Waals surface area contributed by atoms with E-state index in [-0.39, 0.29) is 16.9 Å². The van der Waals surface area contributed by atoms with Gasteiger partial charge in [-0.2, -0.15) is 0 Å². The number of carbonyl (C=O) groups is 2. The van der Waals surface area contributed by atoms with Gasteiger partial charge in [-0.25, -0.2) is 4.39 Å². The molecular weight excluding hydrogens is 451 g/mol. The number of Topliss-reactive ketones (excluding diaryl/α,β-unsaturated/α-hetero) is 1. The van der Waals surface area contributed by atoms with E-state index in [4.69, 9.17) is 9.47 Å². The molecule has 0 saturated carbocycles. The SMILES string of the molecule is CCCOc1cccc(C2C(=C(O)c3ccc(F)cc3)C(=O)C(=O)N2CCCN2CCOCC2)c1. The van der Waals surface area contributed by atoms with Gasteiger partial charge in [-0.3, -0.25) is 14.5 Å². The summed E-state index contributed by atoms with van der Waals surface area (Å²) in [7, 11) is 0. The second-order valence-corrected chi connectivity index (χ2v) is 8.73. The molecule has 2 aromatic carbocycles. The Morgan fingerprint density at radius 3 is 2.57 bits per heavy atom. The highest BCUT2D eigenvalue weighted by Crippen LogP contribution is 2.40. The van der Waals surface area contributed by atoms with Crippen LogP contribution in [0.15, 0.2) is 54.1 Å². The van der Waals surface area contributed by atoms with Crippen molar-refractivity contribution in [3.05, 3.63) is 71.0 Å². The van der Waals surface area contributed by atoms with Crippen LogP contribution in [0.25, 0.3) is 5.76 Å². The maximum Gasteiger partial charge on any atom is 0.295 e. The summed E-state index contributed by atoms with van der Waals surface area (Å²) < 4.78 is 24.6. The number of ether oxygens (including phenoxy) is 2. The second kappa shape index (κ2) is 11.5. The first-order valence-corrected chi connectivity index (χ1v) is 12.1. The Morgan fingerprint density at radius 2 is 1.86 bits per heavy atom. The summed E-state index contributed by atoms with van der Waals surface area (Å²) in [5, 5.41) is 11.1. The number of rotatable bonds is 9. The van der Waals surface area contributed by atoms with E-state index in [0.717, 1.165) is 26.1 Å². The highest BCUT2D eigenvalue weighted by atomic mass is 19.1. The van der Waals surface area contributed by atoms with Gasteiger partial charge in [0.05, 0.1) is 31.4 Å². The van der Waals surface area contributed by atoms with Crippen molar-refractivity contribution in [3.8, 4) is 5.75 Å². The van der Waals surface area contributed by atoms with Crippen molar-refractivity contribution in [2.75, 3.05) is 46.0 Å². The van der Waals surface area contributed by atoms with Crippen LogP contribution in [0.5, 0.6) is 5.75 Å². The molecule has 4 rings (SSSR count). The lowest BCUT2D eigenvalue weighted by Gasteiger charge is -2.29. The molecule has 0 aromatic heterocycles. The lowest BCUT2D eigenvalue weighted by molar-refractivity contribution is -0.140. The van der Waals surface area contributed by atoms with Crippen LogP contribution in [-0.4, -0.2) is 72.6 Å². The molecule has 7 nitrogen and oxygen atoms in total. The number of benzene rings is 2. The molecule has 8 heteroatoms. The topological polar surface area (TPSA) is 79.3 Å². The second-order valence-electron chi connectivity index (χ2n) is 8.73. The number of carbonyl (C=O) groups excluding carboxylic acids is 2. The average molecular weight is 483 g/mol. The predicted octanol–water partition coefficient (Wildman–Crippen LogP) is 3.76. The van der Waals surface area contributed by atoms with Crippen LogP contribution in [-0.2, 0) is 14.3 Å². The minimum Gasteiger partial charge on any atom is -0.507 e. The van der Waals surface area contributed by atoms with Crippen LogP contribution in [0, 0.1) is 5.82 Å². The Hall–Kier alpha value is -3.23. The third-order valence-corrected chi connectivity index (χ3v) is 6.28. The number of amides is 1. The van der Waals surface area contributed by atoms with Crippen LogP contribution >= 0.6 is 0 Å². The number of aliphatic hydroxyl groups excluding tert-OH is 1. The maximum absolute atomic E-state index is 13.5. The standard InChI is InChI=1S/C27H31FN2O5/c1-2-15-35-22-6-3-5-20(18-22)24-23(25(31)19-7-9-21(28)10-8-19)26(32)27(33)30(24)12-4-11-29-13-16-34-17-14-29/h3,5-10,18,24,31H,2,4,11-17H2,1H3. The number of hydrogen-bond donors (Lipinski definition) is 1. The van der Waals surface area contributed by atoms with Crippen molar-refractivity contribution in [2.24, 2.45) is 0 Å². The zero-order chi connectivity index (χ0) is 24.8. The van der Waals surface area contributed by atoms with Gasteiger partial charge in [-0.05, 0) is 54.8 Å². The summed E-state index contributed by atoms with van der Waals surface area (Å²) >= 11 is 0. The quantitative estimate of drug-likeness (QED) is 0.333. The van der Waals surface area contributed by atoms with E-state index >= 15 is 0 Å². The molecule has 2 aromatic rings. The molecule has 35 heavy (non-hydrogen) atoms. The fraction of sp³-hybridized carbons (Fsp3) is 0.407. The molecular formula is C27H31FN2O5. The molecule has 2 heterocycles. The van der Waals surface area contributed by atoms with Gasteiger partial charge in [-0.15, -0.1) is 0 Å². The van der Waals surface area contributed by atoms with Gasteiger partial charge in [0.15, 0.2) is 0 Å². The smallest absolute Gasteiger partial charge is 0.295 e. The summed E-state index contributed by atoms with van der Waals surface area (Å²) in [6, 6.07) is 11.7. The van der Waals surface area contributed by atoms with Gasteiger partial charge in [0.1, 0.15) is 17.3 Å². The number of nitrogens with zero attached hydrogens (tertiary/aromatic N) is 2. The Labute approximate surface area is 204 Å². The minimum atomic E-state index is -0.769. The van der Waals surface area contributed by atoms with Crippen molar-refractivity contribution in [3.63, 3.8) is 0 Å². The molecule has 2 aliphatic heterocycles. The van der Waals surface area contributed by atoms with Crippen LogP contribution in [0.1, 0.15) is 36.9 Å². The highest BCUT2D eigenvalue weighted by Gasteiger charge is 2.46. The van der Waals surface area contributed by atoms with Crippen LogP contribution in [0.4, 0.5) is 4.39 Å². The van der Waals surface area contributed by atoms with Gasteiger partial charge in [0, 0.05) is 31.7 Å². The van der Waals surface area contributed by atoms with Gasteiger partial charge < -0.3 is 19.5 Å². The van der Waals surface area contributed by atoms with Crippen molar-refractivity contribution >= 4 is 17.4 Å². The minimum absolute atomic E-state index is 0.000576. The largest absolute Gasteiger partial charge is 0.507 e.